The summed E-state index contributed by atoms with van der Waals surface area (Å²) in [5.74, 6) is 0. The van der Waals surface area contributed by atoms with E-state index in [-0.39, 0.29) is 11.6 Å². The first kappa shape index (κ1) is 20.5. The number of hydrogen-bond donors (Lipinski definition) is 3. The quantitative estimate of drug-likeness (QED) is 0.673. The number of rotatable bonds is 3. The average molecular weight is 441 g/mol. The lowest BCUT2D eigenvalue weighted by Crippen LogP contribution is -2.48. The molecule has 2 aromatic rings. The molecule has 0 amide bonds. The summed E-state index contributed by atoms with van der Waals surface area (Å²) in [6.45, 7) is 0.179. The molecular formula is C16H15Cl3F3N5. The third kappa shape index (κ3) is 4.43. The summed E-state index contributed by atoms with van der Waals surface area (Å²) in [6, 6.07) is 8.43. The van der Waals surface area contributed by atoms with Crippen LogP contribution in [0.3, 0.4) is 0 Å². The molecule has 0 bridgehead atoms. The van der Waals surface area contributed by atoms with Crippen molar-refractivity contribution in [2.24, 2.45) is 11.5 Å². The normalized spacial score (nSPS) is 21.1. The first-order chi connectivity index (χ1) is 12.6. The Morgan fingerprint density at radius 3 is 2.19 bits per heavy atom. The van der Waals surface area contributed by atoms with Crippen molar-refractivity contribution >= 4 is 40.5 Å². The molecule has 2 unspecified atom stereocenters. The summed E-state index contributed by atoms with van der Waals surface area (Å²) in [6.07, 6.45) is -5.91. The fraction of sp³-hybridized carbons (Fsp3) is 0.250. The molecule has 1 fully saturated rings. The van der Waals surface area contributed by atoms with Gasteiger partial charge in [0.25, 0.3) is 0 Å². The van der Waals surface area contributed by atoms with Gasteiger partial charge in [0, 0.05) is 16.6 Å². The molecule has 11 heteroatoms. The van der Waals surface area contributed by atoms with Crippen LogP contribution >= 0.6 is 34.8 Å². The second-order valence-electron chi connectivity index (χ2n) is 5.97. The number of nitrogens with zero attached hydrogens (tertiary/aromatic N) is 2. The van der Waals surface area contributed by atoms with E-state index in [2.05, 4.69) is 5.43 Å². The van der Waals surface area contributed by atoms with Gasteiger partial charge in [-0.3, -0.25) is 10.7 Å². The zero-order valence-corrected chi connectivity index (χ0v) is 15.9. The average Bonchev–Trinajstić information content (AvgIpc) is 2.81. The largest absolute Gasteiger partial charge is 0.417 e. The van der Waals surface area contributed by atoms with Gasteiger partial charge in [-0.25, -0.2) is 10.3 Å². The molecule has 3 rings (SSSR count). The van der Waals surface area contributed by atoms with Gasteiger partial charge in [0.05, 0.1) is 16.3 Å². The number of hydrogen-bond acceptors (Lipinski definition) is 5. The van der Waals surface area contributed by atoms with E-state index in [0.29, 0.717) is 21.3 Å². The van der Waals surface area contributed by atoms with Crippen LogP contribution in [0.2, 0.25) is 15.1 Å². The van der Waals surface area contributed by atoms with Crippen LogP contribution in [0.25, 0.3) is 0 Å². The van der Waals surface area contributed by atoms with Crippen molar-refractivity contribution in [2.45, 2.75) is 25.3 Å². The maximum absolute atomic E-state index is 12.8. The Hall–Kier alpha value is -1.26. The Kier molecular flexibility index (Phi) is 5.79. The number of anilines is 1. The molecular weight excluding hydrogens is 426 g/mol. The molecule has 27 heavy (non-hydrogen) atoms. The predicted molar refractivity (Wildman–Crippen MR) is 100 cm³/mol. The monoisotopic (exact) mass is 439 g/mol. The fourth-order valence-electron chi connectivity index (χ4n) is 2.80. The van der Waals surface area contributed by atoms with Crippen molar-refractivity contribution in [3.05, 3.63) is 62.6 Å². The standard InChI is InChI=1S/C16H15Cl3F3N5/c17-9-4-10(18)6-11(5-9)27-15(24)26(14(23)25-27)7-8-1-2-12(13(19)3-8)16(20,21)22/h1-6,14-15,25H,7,23-24H2. The Morgan fingerprint density at radius 2 is 1.63 bits per heavy atom. The molecule has 1 aliphatic rings. The molecule has 1 heterocycles. The molecule has 5 N–H and O–H groups in total. The van der Waals surface area contributed by atoms with Gasteiger partial charge < -0.3 is 5.73 Å². The summed E-state index contributed by atoms with van der Waals surface area (Å²) < 4.78 is 38.5. The molecule has 2 atom stereocenters. The zero-order valence-electron chi connectivity index (χ0n) is 13.6. The molecule has 0 saturated carbocycles. The van der Waals surface area contributed by atoms with Crippen molar-refractivity contribution in [3.8, 4) is 0 Å². The third-order valence-electron chi connectivity index (χ3n) is 4.06. The Morgan fingerprint density at radius 1 is 1.00 bits per heavy atom. The van der Waals surface area contributed by atoms with Crippen molar-refractivity contribution in [1.82, 2.24) is 10.3 Å². The van der Waals surface area contributed by atoms with Crippen LogP contribution in [0.15, 0.2) is 36.4 Å². The number of hydrazine groups is 1. The minimum absolute atomic E-state index is 0.179. The minimum atomic E-state index is -4.51. The highest BCUT2D eigenvalue weighted by Gasteiger charge is 2.36. The van der Waals surface area contributed by atoms with Gasteiger partial charge in [-0.05, 0) is 35.9 Å². The molecule has 0 aromatic heterocycles. The molecule has 0 spiro atoms. The van der Waals surface area contributed by atoms with Crippen LogP contribution in [-0.2, 0) is 12.7 Å². The highest BCUT2D eigenvalue weighted by molar-refractivity contribution is 6.35. The minimum Gasteiger partial charge on any atom is -0.302 e. The first-order valence-electron chi connectivity index (χ1n) is 7.70. The van der Waals surface area contributed by atoms with Gasteiger partial charge in [-0.15, -0.1) is 0 Å². The lowest BCUT2D eigenvalue weighted by Gasteiger charge is -2.27. The first-order valence-corrected chi connectivity index (χ1v) is 8.83. The fourth-order valence-corrected chi connectivity index (χ4v) is 3.63. The summed E-state index contributed by atoms with van der Waals surface area (Å²) in [5.41, 5.74) is 15.5. The van der Waals surface area contributed by atoms with Gasteiger partial charge in [0.2, 0.25) is 0 Å². The predicted octanol–water partition coefficient (Wildman–Crippen LogP) is 3.98. The van der Waals surface area contributed by atoms with Crippen LogP contribution in [-0.4, -0.2) is 17.5 Å². The Bertz CT molecular complexity index is 828. The second-order valence-corrected chi connectivity index (χ2v) is 7.25. The third-order valence-corrected chi connectivity index (χ3v) is 4.81. The highest BCUT2D eigenvalue weighted by atomic mass is 35.5. The number of nitrogens with two attached hydrogens (primary N) is 2. The number of nitrogens with one attached hydrogen (secondary N) is 1. The smallest absolute Gasteiger partial charge is 0.302 e. The molecule has 5 nitrogen and oxygen atoms in total. The van der Waals surface area contributed by atoms with Crippen molar-refractivity contribution in [1.29, 1.82) is 0 Å². The van der Waals surface area contributed by atoms with Crippen LogP contribution in [0.1, 0.15) is 11.1 Å². The summed E-state index contributed by atoms with van der Waals surface area (Å²) in [5, 5.41) is 2.04. The van der Waals surface area contributed by atoms with E-state index in [0.717, 1.165) is 6.07 Å². The van der Waals surface area contributed by atoms with E-state index in [4.69, 9.17) is 46.3 Å². The lowest BCUT2D eigenvalue weighted by atomic mass is 10.1. The molecule has 0 radical (unpaired) electrons. The van der Waals surface area contributed by atoms with E-state index < -0.39 is 24.3 Å². The van der Waals surface area contributed by atoms with E-state index in [1.165, 1.54) is 12.1 Å². The van der Waals surface area contributed by atoms with Crippen molar-refractivity contribution in [3.63, 3.8) is 0 Å². The molecule has 1 saturated heterocycles. The maximum atomic E-state index is 12.8. The number of halogens is 6. The zero-order chi connectivity index (χ0) is 19.9. The maximum Gasteiger partial charge on any atom is 0.417 e. The topological polar surface area (TPSA) is 70.5 Å². The second kappa shape index (κ2) is 7.63. The SMILES string of the molecule is NC1NN(c2cc(Cl)cc(Cl)c2)C(N)N1Cc1ccc(C(F)(F)F)c(Cl)c1. The van der Waals surface area contributed by atoms with Gasteiger partial charge in [0.1, 0.15) is 6.29 Å². The van der Waals surface area contributed by atoms with Crippen LogP contribution in [0.5, 0.6) is 0 Å². The van der Waals surface area contributed by atoms with Gasteiger partial charge in [-0.1, -0.05) is 40.9 Å². The number of alkyl halides is 3. The molecule has 0 aliphatic carbocycles. The van der Waals surface area contributed by atoms with Crippen LogP contribution in [0, 0.1) is 0 Å². The summed E-state index contributed by atoms with van der Waals surface area (Å²) in [7, 11) is 0. The summed E-state index contributed by atoms with van der Waals surface area (Å²) in [4.78, 5) is 1.65. The Balaban J connectivity index is 1.81. The molecule has 1 aliphatic heterocycles. The van der Waals surface area contributed by atoms with Gasteiger partial charge in [-0.2, -0.15) is 13.2 Å². The molecule has 2 aromatic carbocycles. The van der Waals surface area contributed by atoms with E-state index in [1.807, 2.05) is 0 Å². The van der Waals surface area contributed by atoms with Gasteiger partial charge >= 0.3 is 6.18 Å². The van der Waals surface area contributed by atoms with Crippen molar-refractivity contribution in [2.75, 3.05) is 5.01 Å². The highest BCUT2D eigenvalue weighted by Crippen LogP contribution is 2.35. The lowest BCUT2D eigenvalue weighted by molar-refractivity contribution is -0.137. The Labute approximate surface area is 168 Å². The number of benzene rings is 2. The van der Waals surface area contributed by atoms with E-state index >= 15 is 0 Å². The van der Waals surface area contributed by atoms with Crippen LogP contribution < -0.4 is 21.9 Å². The summed E-state index contributed by atoms with van der Waals surface area (Å²) >= 11 is 17.8. The molecule has 146 valence electrons. The van der Waals surface area contributed by atoms with E-state index in [1.54, 1.807) is 28.1 Å². The van der Waals surface area contributed by atoms with E-state index in [9.17, 15) is 13.2 Å². The van der Waals surface area contributed by atoms with Gasteiger partial charge in [0.15, 0.2) is 6.29 Å². The van der Waals surface area contributed by atoms with Crippen LogP contribution in [0.4, 0.5) is 18.9 Å². The van der Waals surface area contributed by atoms with Crippen molar-refractivity contribution < 1.29 is 13.2 Å².